The van der Waals surface area contributed by atoms with Gasteiger partial charge in [0.05, 0.1) is 18.0 Å². The van der Waals surface area contributed by atoms with Crippen LogP contribution in [0.1, 0.15) is 21.6 Å². The van der Waals surface area contributed by atoms with Crippen molar-refractivity contribution in [3.05, 3.63) is 39.2 Å². The maximum atomic E-state index is 11.5. The first-order chi connectivity index (χ1) is 12.0. The van der Waals surface area contributed by atoms with Gasteiger partial charge in [-0.15, -0.1) is 11.3 Å². The van der Waals surface area contributed by atoms with Crippen LogP contribution in [0.3, 0.4) is 0 Å². The Morgan fingerprint density at radius 2 is 2.40 bits per heavy atom. The van der Waals surface area contributed by atoms with Gasteiger partial charge in [0.25, 0.3) is 0 Å². The molecule has 0 bridgehead atoms. The molecule has 1 aromatic heterocycles. The van der Waals surface area contributed by atoms with Crippen LogP contribution < -0.4 is 9.39 Å². The van der Waals surface area contributed by atoms with Crippen molar-refractivity contribution in [2.24, 2.45) is 5.18 Å². The minimum absolute atomic E-state index is 0.00534. The molecular formula is C14H13BN2O6S2. The number of carboxylic acids is 1. The van der Waals surface area contributed by atoms with Gasteiger partial charge in [0.15, 0.2) is 0 Å². The third kappa shape index (κ3) is 3.62. The molecule has 0 aliphatic carbocycles. The van der Waals surface area contributed by atoms with Gasteiger partial charge < -0.3 is 19.5 Å². The molecule has 2 aromatic rings. The summed E-state index contributed by atoms with van der Waals surface area (Å²) in [6.45, 7) is 0.00534. The second-order valence-electron chi connectivity index (χ2n) is 5.20. The van der Waals surface area contributed by atoms with Gasteiger partial charge in [0, 0.05) is 5.38 Å². The number of methoxy groups -OCH3 is 1. The molecule has 0 radical (unpaired) electrons. The lowest BCUT2D eigenvalue weighted by Gasteiger charge is -2.28. The number of aromatic carboxylic acids is 1. The Balaban J connectivity index is 1.84. The third-order valence-electron chi connectivity index (χ3n) is 3.62. The van der Waals surface area contributed by atoms with E-state index in [1.165, 1.54) is 30.2 Å². The molecule has 8 nitrogen and oxygen atoms in total. The number of aromatic nitrogens is 1. The van der Waals surface area contributed by atoms with E-state index in [-0.39, 0.29) is 28.8 Å². The van der Waals surface area contributed by atoms with E-state index in [4.69, 9.17) is 9.39 Å². The normalized spacial score (nSPS) is 16.1. The number of hydrogen-bond donors (Lipinski definition) is 2. The lowest BCUT2D eigenvalue weighted by atomic mass is 9.77. The standard InChI is InChI=1S/C14H13BN2O6S2/c1-22-9-3-2-7-4-10(15(20)23-12(7)11(9)13(18)19)25-14-17-8(5-16-21)6-24-14/h2-3,6,10,20H,4-5H2,1H3,(H,18,19). The lowest BCUT2D eigenvalue weighted by molar-refractivity contribution is 0.0690. The van der Waals surface area contributed by atoms with Crippen LogP contribution in [-0.2, 0) is 13.0 Å². The van der Waals surface area contributed by atoms with Crippen LogP contribution in [0.5, 0.6) is 11.5 Å². The second kappa shape index (κ2) is 7.42. The molecule has 11 heteroatoms. The highest BCUT2D eigenvalue weighted by Gasteiger charge is 2.39. The van der Waals surface area contributed by atoms with E-state index < -0.39 is 13.1 Å². The molecule has 0 saturated carbocycles. The molecule has 1 unspecified atom stereocenters. The lowest BCUT2D eigenvalue weighted by Crippen LogP contribution is -2.40. The van der Waals surface area contributed by atoms with Crippen molar-refractivity contribution in [3.63, 3.8) is 0 Å². The molecule has 130 valence electrons. The van der Waals surface area contributed by atoms with Crippen LogP contribution in [0.4, 0.5) is 0 Å². The first kappa shape index (κ1) is 17.7. The van der Waals surface area contributed by atoms with E-state index in [0.29, 0.717) is 22.0 Å². The van der Waals surface area contributed by atoms with Gasteiger partial charge in [-0.1, -0.05) is 23.0 Å². The maximum absolute atomic E-state index is 11.5. The van der Waals surface area contributed by atoms with Gasteiger partial charge >= 0.3 is 13.1 Å². The summed E-state index contributed by atoms with van der Waals surface area (Å²) in [4.78, 5) is 26.1. The maximum Gasteiger partial charge on any atom is 0.537 e. The Morgan fingerprint density at radius 3 is 3.08 bits per heavy atom. The van der Waals surface area contributed by atoms with Gasteiger partial charge in [0.2, 0.25) is 0 Å². The summed E-state index contributed by atoms with van der Waals surface area (Å²) in [7, 11) is 0.180. The SMILES string of the molecule is COc1ccc2c(c1C(=O)O)OB(O)C(Sc1nc(CN=O)cs1)C2. The minimum atomic E-state index is -1.20. The molecule has 2 N–H and O–H groups in total. The quantitative estimate of drug-likeness (QED) is 0.579. The van der Waals surface area contributed by atoms with Crippen LogP contribution >= 0.6 is 23.1 Å². The van der Waals surface area contributed by atoms with Crippen LogP contribution in [0, 0.1) is 4.91 Å². The molecule has 1 atom stereocenters. The number of nitrogens with zero attached hydrogens (tertiary/aromatic N) is 2. The molecule has 0 amide bonds. The van der Waals surface area contributed by atoms with Gasteiger partial charge in [-0.2, -0.15) is 4.91 Å². The summed E-state index contributed by atoms with van der Waals surface area (Å²) in [5.74, 6) is -0.880. The molecular weight excluding hydrogens is 367 g/mol. The van der Waals surface area contributed by atoms with Gasteiger partial charge in [-0.25, -0.2) is 9.78 Å². The number of fused-ring (bicyclic) bond motifs is 1. The number of hydrogen-bond acceptors (Lipinski definition) is 9. The van der Waals surface area contributed by atoms with Crippen molar-refractivity contribution < 1.29 is 24.3 Å². The first-order valence-corrected chi connectivity index (χ1v) is 8.97. The van der Waals surface area contributed by atoms with Gasteiger partial charge in [-0.3, -0.25) is 0 Å². The van der Waals surface area contributed by atoms with Crippen molar-refractivity contribution >= 4 is 36.2 Å². The number of nitroso groups, excluding NO2 is 1. The van der Waals surface area contributed by atoms with Crippen molar-refractivity contribution in [2.75, 3.05) is 7.11 Å². The molecule has 0 saturated heterocycles. The third-order valence-corrected chi connectivity index (χ3v) is 5.88. The summed E-state index contributed by atoms with van der Waals surface area (Å²) in [6.07, 6.45) is 0.409. The molecule has 0 fully saturated rings. The average Bonchev–Trinajstić information content (AvgIpc) is 3.02. The van der Waals surface area contributed by atoms with Crippen LogP contribution in [0.25, 0.3) is 0 Å². The number of thioether (sulfide) groups is 1. The average molecular weight is 380 g/mol. The molecule has 3 rings (SSSR count). The van der Waals surface area contributed by atoms with Crippen molar-refractivity contribution in [3.8, 4) is 11.5 Å². The summed E-state index contributed by atoms with van der Waals surface area (Å²) in [5, 5.41) is 23.9. The van der Waals surface area contributed by atoms with E-state index >= 15 is 0 Å². The van der Waals surface area contributed by atoms with Crippen LogP contribution in [0.15, 0.2) is 27.0 Å². The summed E-state index contributed by atoms with van der Waals surface area (Å²) < 4.78 is 11.2. The number of benzene rings is 1. The van der Waals surface area contributed by atoms with E-state index in [1.54, 1.807) is 17.5 Å². The number of carbonyl (C=O) groups is 1. The fourth-order valence-electron chi connectivity index (χ4n) is 2.50. The highest BCUT2D eigenvalue weighted by molar-refractivity contribution is 8.02. The van der Waals surface area contributed by atoms with Crippen molar-refractivity contribution in [1.82, 2.24) is 4.98 Å². The Kier molecular flexibility index (Phi) is 5.26. The predicted octanol–water partition coefficient (Wildman–Crippen LogP) is 2.23. The fourth-order valence-corrected chi connectivity index (χ4v) is 4.64. The van der Waals surface area contributed by atoms with Crippen molar-refractivity contribution in [2.45, 2.75) is 22.5 Å². The van der Waals surface area contributed by atoms with Gasteiger partial charge in [-0.05, 0) is 18.1 Å². The van der Waals surface area contributed by atoms with Crippen LogP contribution in [0.2, 0.25) is 0 Å². The minimum Gasteiger partial charge on any atom is -0.534 e. The molecule has 1 aromatic carbocycles. The van der Waals surface area contributed by atoms with E-state index in [1.807, 2.05) is 0 Å². The largest absolute Gasteiger partial charge is 0.537 e. The van der Waals surface area contributed by atoms with E-state index in [0.717, 1.165) is 0 Å². The fraction of sp³-hybridized carbons (Fsp3) is 0.286. The zero-order valence-electron chi connectivity index (χ0n) is 13.0. The van der Waals surface area contributed by atoms with Gasteiger partial charge in [0.1, 0.15) is 27.9 Å². The zero-order valence-corrected chi connectivity index (χ0v) is 14.7. The Hall–Kier alpha value is -2.11. The zero-order chi connectivity index (χ0) is 18.0. The van der Waals surface area contributed by atoms with Crippen LogP contribution in [-0.4, -0.2) is 40.5 Å². The molecule has 25 heavy (non-hydrogen) atoms. The second-order valence-corrected chi connectivity index (χ2v) is 7.54. The molecule has 0 spiro atoms. The Labute approximate surface area is 151 Å². The van der Waals surface area contributed by atoms with E-state index in [9.17, 15) is 19.8 Å². The summed E-state index contributed by atoms with van der Waals surface area (Å²) >= 11 is 2.67. The smallest absolute Gasteiger partial charge is 0.534 e. The Bertz CT molecular complexity index is 815. The molecule has 2 heterocycles. The highest BCUT2D eigenvalue weighted by Crippen LogP contribution is 2.40. The van der Waals surface area contributed by atoms with E-state index in [2.05, 4.69) is 10.2 Å². The number of ether oxygens (including phenoxy) is 1. The highest BCUT2D eigenvalue weighted by atomic mass is 32.2. The monoisotopic (exact) mass is 380 g/mol. The number of thiazole rings is 1. The topological polar surface area (TPSA) is 118 Å². The summed E-state index contributed by atoms with van der Waals surface area (Å²) in [6, 6.07) is 3.30. The molecule has 1 aliphatic heterocycles. The molecule has 1 aliphatic rings. The predicted molar refractivity (Wildman–Crippen MR) is 93.5 cm³/mol. The van der Waals surface area contributed by atoms with Crippen molar-refractivity contribution in [1.29, 1.82) is 0 Å². The first-order valence-electron chi connectivity index (χ1n) is 7.21. The summed E-state index contributed by atoms with van der Waals surface area (Å²) in [5.41, 5.74) is 1.15. The number of rotatable bonds is 6. The Morgan fingerprint density at radius 1 is 1.60 bits per heavy atom. The number of carboxylic acid groups (broad SMARTS) is 1.